The molecule has 3 N–H and O–H groups in total. The van der Waals surface area contributed by atoms with E-state index >= 15 is 0 Å². The van der Waals surface area contributed by atoms with Gasteiger partial charge in [0.15, 0.2) is 0 Å². The lowest BCUT2D eigenvalue weighted by atomic mass is 9.79. The molecule has 0 radical (unpaired) electrons. The number of benzene rings is 1. The maximum Gasteiger partial charge on any atom is 0.446 e. The lowest BCUT2D eigenvalue weighted by Gasteiger charge is -2.39. The Morgan fingerprint density at radius 1 is 1.17 bits per heavy atom. The number of halogens is 3. The highest BCUT2D eigenvalue weighted by Gasteiger charge is 2.35. The number of urea groups is 1. The quantitative estimate of drug-likeness (QED) is 0.349. The molecule has 16 heteroatoms. The average Bonchev–Trinajstić information content (AvgIpc) is 2.89. The molecular weight excluding hydrogens is 583 g/mol. The monoisotopic (exact) mass is 611 g/mol. The lowest BCUT2D eigenvalue weighted by Crippen LogP contribution is -2.46. The Balaban J connectivity index is 0.000000587. The molecule has 0 spiro atoms. The minimum absolute atomic E-state index is 0.0628. The van der Waals surface area contributed by atoms with Crippen molar-refractivity contribution >= 4 is 39.8 Å². The van der Waals surface area contributed by atoms with Crippen molar-refractivity contribution in [2.24, 2.45) is 10.1 Å². The molecule has 2 amide bonds. The van der Waals surface area contributed by atoms with Gasteiger partial charge in [-0.2, -0.15) is 21.6 Å². The Bertz CT molecular complexity index is 1420. The van der Waals surface area contributed by atoms with Gasteiger partial charge in [-0.05, 0) is 80.9 Å². The highest BCUT2D eigenvalue weighted by molar-refractivity contribution is 8.00. The lowest BCUT2D eigenvalue weighted by molar-refractivity contribution is -0.0328. The first-order valence-corrected chi connectivity index (χ1v) is 14.0. The molecule has 2 heterocycles. The summed E-state index contributed by atoms with van der Waals surface area (Å²) in [5, 5.41) is 3.15. The zero-order chi connectivity index (χ0) is 30.0. The molecule has 220 valence electrons. The van der Waals surface area contributed by atoms with Gasteiger partial charge in [-0.1, -0.05) is 16.5 Å². The van der Waals surface area contributed by atoms with Crippen LogP contribution in [0.5, 0.6) is 5.88 Å². The molecule has 0 saturated heterocycles. The molecule has 1 fully saturated rings. The minimum atomic E-state index is -4.29. The van der Waals surface area contributed by atoms with Gasteiger partial charge < -0.3 is 20.7 Å². The molecule has 3 aromatic rings. The van der Waals surface area contributed by atoms with Gasteiger partial charge in [-0.3, -0.25) is 0 Å². The number of nitrogens with one attached hydrogen (secondary N) is 1. The zero-order valence-electron chi connectivity index (χ0n) is 22.0. The Morgan fingerprint density at radius 3 is 2.51 bits per heavy atom. The number of thioether (sulfide) groups is 1. The maximum atomic E-state index is 12.8. The molecule has 11 nitrogen and oxygen atoms in total. The summed E-state index contributed by atoms with van der Waals surface area (Å²) in [7, 11) is 1.31. The smallest absolute Gasteiger partial charge is 0.446 e. The summed E-state index contributed by atoms with van der Waals surface area (Å²) >= 11 is -0.0657. The number of amides is 2. The fourth-order valence-electron chi connectivity index (χ4n) is 4.33. The van der Waals surface area contributed by atoms with Crippen LogP contribution in [0.4, 0.5) is 29.5 Å². The largest absolute Gasteiger partial charge is 0.473 e. The van der Waals surface area contributed by atoms with E-state index in [4.69, 9.17) is 4.74 Å². The van der Waals surface area contributed by atoms with Gasteiger partial charge in [-0.15, -0.1) is 0 Å². The third-order valence-electron chi connectivity index (χ3n) is 6.01. The second-order valence-electron chi connectivity index (χ2n) is 9.07. The van der Waals surface area contributed by atoms with Crippen LogP contribution in [0.25, 0.3) is 0 Å². The Kier molecular flexibility index (Phi) is 11.4. The van der Waals surface area contributed by atoms with E-state index in [0.717, 1.165) is 30.5 Å². The van der Waals surface area contributed by atoms with Crippen molar-refractivity contribution in [3.05, 3.63) is 66.7 Å². The Hall–Kier alpha value is -3.76. The summed E-state index contributed by atoms with van der Waals surface area (Å²) in [6.07, 6.45) is 7.17. The molecule has 3 atom stereocenters. The van der Waals surface area contributed by atoms with Gasteiger partial charge in [0.05, 0.1) is 11.9 Å². The summed E-state index contributed by atoms with van der Waals surface area (Å²) in [5.41, 5.74) is 1.74. The van der Waals surface area contributed by atoms with Gasteiger partial charge in [0, 0.05) is 23.2 Å². The minimum Gasteiger partial charge on any atom is -0.473 e. The summed E-state index contributed by atoms with van der Waals surface area (Å²) in [6, 6.07) is 11.2. The standard InChI is InChI=1S/C24H26F3N5OS.CH2N2O3S/c1-32(2)20-13-17(16-4-3-5-19(12-16)34-24(25,26)27)6-8-21(20)33-23-9-7-18(14-29-23)31-22-10-11-28-15-30-22;2-1(4)3-7(5)6/h3-5,7,9-12,14-15,17,20-21H,6,8,13H2,1-2H3,(H,28,30,31);(H2,2,4)/t17-,20-,21-;/m0./s1. The predicted octanol–water partition coefficient (Wildman–Crippen LogP) is 5.00. The zero-order valence-corrected chi connectivity index (χ0v) is 23.7. The van der Waals surface area contributed by atoms with E-state index in [1.807, 2.05) is 32.3 Å². The third-order valence-corrected chi connectivity index (χ3v) is 7.06. The fourth-order valence-corrected chi connectivity index (χ4v) is 5.09. The molecule has 41 heavy (non-hydrogen) atoms. The fraction of sp³-hybridized carbons (Fsp3) is 0.360. The van der Waals surface area contributed by atoms with Crippen LogP contribution in [0.15, 0.2) is 70.4 Å². The topological polar surface area (TPSA) is 153 Å². The number of hydrogen-bond acceptors (Lipinski definition) is 10. The number of primary amides is 1. The van der Waals surface area contributed by atoms with Gasteiger partial charge >= 0.3 is 22.0 Å². The first kappa shape index (κ1) is 31.8. The highest BCUT2D eigenvalue weighted by Crippen LogP contribution is 2.40. The number of carbonyl (C=O) groups is 1. The number of hydrogen-bond donors (Lipinski definition) is 2. The summed E-state index contributed by atoms with van der Waals surface area (Å²) in [6.45, 7) is 0. The second-order valence-corrected chi connectivity index (χ2v) is 10.8. The molecule has 0 aliphatic heterocycles. The number of nitrogens with two attached hydrogens (primary N) is 1. The van der Waals surface area contributed by atoms with Crippen molar-refractivity contribution in [1.29, 1.82) is 0 Å². The van der Waals surface area contributed by atoms with E-state index in [9.17, 15) is 26.4 Å². The number of alkyl halides is 3. The first-order chi connectivity index (χ1) is 19.4. The van der Waals surface area contributed by atoms with Crippen LogP contribution in [-0.4, -0.2) is 66.1 Å². The molecule has 1 saturated carbocycles. The van der Waals surface area contributed by atoms with Crippen molar-refractivity contribution in [3.63, 3.8) is 0 Å². The molecule has 4 rings (SSSR count). The number of carbonyl (C=O) groups excluding carboxylic acids is 1. The van der Waals surface area contributed by atoms with Crippen molar-refractivity contribution < 1.29 is 31.1 Å². The van der Waals surface area contributed by atoms with Crippen molar-refractivity contribution in [3.8, 4) is 5.88 Å². The van der Waals surface area contributed by atoms with E-state index in [2.05, 4.69) is 35.3 Å². The summed E-state index contributed by atoms with van der Waals surface area (Å²) in [5.74, 6) is 1.38. The number of rotatable bonds is 7. The number of nitrogens with zero attached hydrogens (tertiary/aromatic N) is 5. The van der Waals surface area contributed by atoms with Crippen molar-refractivity contribution in [2.75, 3.05) is 19.4 Å². The summed E-state index contributed by atoms with van der Waals surface area (Å²) in [4.78, 5) is 24.3. The van der Waals surface area contributed by atoms with E-state index in [0.29, 0.717) is 11.7 Å². The number of aromatic nitrogens is 3. The number of likely N-dealkylation sites (N-methyl/N-ethyl adjacent to an activating group) is 1. The third kappa shape index (κ3) is 11.0. The van der Waals surface area contributed by atoms with Crippen LogP contribution in [0.1, 0.15) is 30.7 Å². The Morgan fingerprint density at radius 2 is 1.95 bits per heavy atom. The van der Waals surface area contributed by atoms with Gasteiger partial charge in [0.1, 0.15) is 18.2 Å². The first-order valence-electron chi connectivity index (χ1n) is 12.2. The average molecular weight is 612 g/mol. The van der Waals surface area contributed by atoms with Crippen molar-refractivity contribution in [1.82, 2.24) is 19.9 Å². The molecule has 0 bridgehead atoms. The van der Waals surface area contributed by atoms with E-state index in [1.54, 1.807) is 30.6 Å². The number of pyridine rings is 1. The van der Waals surface area contributed by atoms with Crippen LogP contribution in [-0.2, 0) is 10.5 Å². The van der Waals surface area contributed by atoms with Crippen molar-refractivity contribution in [2.45, 2.75) is 47.7 Å². The van der Waals surface area contributed by atoms with E-state index in [1.165, 1.54) is 12.4 Å². The van der Waals surface area contributed by atoms with Crippen LogP contribution >= 0.6 is 11.8 Å². The van der Waals surface area contributed by atoms with Crippen LogP contribution < -0.4 is 15.8 Å². The maximum absolute atomic E-state index is 12.8. The van der Waals surface area contributed by atoms with Crippen LogP contribution in [0.3, 0.4) is 0 Å². The molecule has 2 aromatic heterocycles. The van der Waals surface area contributed by atoms with Gasteiger partial charge in [0.2, 0.25) is 5.88 Å². The van der Waals surface area contributed by atoms with Crippen LogP contribution in [0, 0.1) is 0 Å². The van der Waals surface area contributed by atoms with E-state index < -0.39 is 22.0 Å². The predicted molar refractivity (Wildman–Crippen MR) is 147 cm³/mol. The Labute approximate surface area is 240 Å². The van der Waals surface area contributed by atoms with E-state index in [-0.39, 0.29) is 34.7 Å². The molecule has 1 aliphatic rings. The highest BCUT2D eigenvalue weighted by atomic mass is 32.2. The number of ether oxygens (including phenoxy) is 1. The van der Waals surface area contributed by atoms with Gasteiger partial charge in [-0.25, -0.2) is 19.7 Å². The SMILES string of the molecule is CN(C)[C@H]1C[C@@H](c2cccc(SC(F)(F)F)c2)CC[C@@H]1Oc1ccc(Nc2ccncn2)cn1.NC(=O)N=S(=O)=O. The normalized spacial score (nSPS) is 18.5. The molecule has 1 aliphatic carbocycles. The summed E-state index contributed by atoms with van der Waals surface area (Å²) < 4.78 is 65.7. The molecule has 1 aromatic carbocycles. The van der Waals surface area contributed by atoms with Gasteiger partial charge in [0.25, 0.3) is 0 Å². The molecule has 0 unspecified atom stereocenters. The molecular formula is C25H28F3N7O4S2. The van der Waals surface area contributed by atoms with Crippen LogP contribution in [0.2, 0.25) is 0 Å². The second kappa shape index (κ2) is 14.7. The number of anilines is 2.